The fraction of sp³-hybridized carbons (Fsp3) is 0.367. The molecular weight excluding hydrogens is 482 g/mol. The Kier molecular flexibility index (Phi) is 7.32. The van der Waals surface area contributed by atoms with Gasteiger partial charge in [-0.1, -0.05) is 54.6 Å². The Morgan fingerprint density at radius 2 is 1.73 bits per heavy atom. The number of hydrogen-bond acceptors (Lipinski definition) is 5. The summed E-state index contributed by atoms with van der Waals surface area (Å²) in [6.07, 6.45) is 5.66. The van der Waals surface area contributed by atoms with E-state index in [9.17, 15) is 8.42 Å². The van der Waals surface area contributed by atoms with Gasteiger partial charge in [-0.25, -0.2) is 8.42 Å². The number of nitrogens with zero attached hydrogens (tertiary/aromatic N) is 3. The first-order valence-electron chi connectivity index (χ1n) is 12.8. The maximum atomic E-state index is 13.7. The highest BCUT2D eigenvalue weighted by molar-refractivity contribution is 7.89. The van der Waals surface area contributed by atoms with E-state index in [0.717, 1.165) is 6.54 Å². The molecule has 0 aliphatic carbocycles. The molecule has 1 saturated heterocycles. The molecule has 3 atom stereocenters. The first kappa shape index (κ1) is 25.8. The number of hydrogen-bond donors (Lipinski definition) is 0. The number of ether oxygens (including phenoxy) is 1. The predicted molar refractivity (Wildman–Crippen MR) is 147 cm³/mol. The fourth-order valence-electron chi connectivity index (χ4n) is 5.81. The van der Waals surface area contributed by atoms with Gasteiger partial charge < -0.3 is 4.74 Å². The van der Waals surface area contributed by atoms with Crippen molar-refractivity contribution >= 4 is 10.0 Å². The summed E-state index contributed by atoms with van der Waals surface area (Å²) in [5.41, 5.74) is 6.76. The number of benzene rings is 2. The highest BCUT2D eigenvalue weighted by Crippen LogP contribution is 2.43. The molecule has 2 aliphatic rings. The first-order valence-corrected chi connectivity index (χ1v) is 14.2. The van der Waals surface area contributed by atoms with Crippen LogP contribution in [0.15, 0.2) is 77.8 Å². The summed E-state index contributed by atoms with van der Waals surface area (Å²) in [7, 11) is -1.95. The smallest absolute Gasteiger partial charge is 0.245 e. The predicted octanol–water partition coefficient (Wildman–Crippen LogP) is 4.72. The van der Waals surface area contributed by atoms with Gasteiger partial charge in [0, 0.05) is 50.9 Å². The van der Waals surface area contributed by atoms with Gasteiger partial charge in [0.15, 0.2) is 0 Å². The Hall–Kier alpha value is -2.84. The van der Waals surface area contributed by atoms with Crippen molar-refractivity contribution in [1.29, 1.82) is 0 Å². The molecule has 0 N–H and O–H groups in total. The van der Waals surface area contributed by atoms with Crippen LogP contribution in [0, 0.1) is 20.8 Å². The van der Waals surface area contributed by atoms with Gasteiger partial charge in [-0.15, -0.1) is 0 Å². The molecule has 0 saturated carbocycles. The second-order valence-corrected chi connectivity index (χ2v) is 12.0. The Morgan fingerprint density at radius 1 is 0.973 bits per heavy atom. The van der Waals surface area contributed by atoms with Crippen LogP contribution < -0.4 is 0 Å². The van der Waals surface area contributed by atoms with E-state index in [1.165, 1.54) is 27.8 Å². The maximum absolute atomic E-state index is 13.7. The SMILES string of the molecule is COC[C@@H]1[C@@H](c2ccc(-c3cccc(C)c3C)cc2)[C@@H]2CN(S(=O)(=O)c3cccnc3C)CC=CCN12. The first-order chi connectivity index (χ1) is 17.8. The van der Waals surface area contributed by atoms with E-state index in [-0.39, 0.29) is 22.9 Å². The van der Waals surface area contributed by atoms with E-state index in [1.54, 1.807) is 36.7 Å². The normalized spacial score (nSPS) is 22.6. The lowest BCUT2D eigenvalue weighted by Crippen LogP contribution is -2.67. The molecule has 1 aromatic heterocycles. The molecular formula is C30H35N3O3S. The summed E-state index contributed by atoms with van der Waals surface area (Å²) >= 11 is 0. The Bertz CT molecular complexity index is 1400. The average Bonchev–Trinajstić information content (AvgIpc) is 2.87. The second kappa shape index (κ2) is 10.5. The van der Waals surface area contributed by atoms with E-state index in [1.807, 2.05) is 6.08 Å². The van der Waals surface area contributed by atoms with Crippen LogP contribution in [0.5, 0.6) is 0 Å². The standard InChI is InChI=1S/C30H35N3O3S/c1-21-9-7-10-26(22(21)2)24-12-14-25(15-13-24)30-27-19-32(17-5-6-18-33(27)28(30)20-36-4)37(34,35)29-11-8-16-31-23(29)3/h5-16,27-28,30H,17-20H2,1-4H3/t27-,28+,30-/m0/s1. The molecule has 3 heterocycles. The number of pyridine rings is 1. The molecule has 0 radical (unpaired) electrons. The van der Waals surface area contributed by atoms with Crippen LogP contribution in [0.1, 0.15) is 28.3 Å². The third-order valence-corrected chi connectivity index (χ3v) is 9.95. The summed E-state index contributed by atoms with van der Waals surface area (Å²) in [5, 5.41) is 0. The fourth-order valence-corrected chi connectivity index (χ4v) is 7.40. The topological polar surface area (TPSA) is 62.7 Å². The maximum Gasteiger partial charge on any atom is 0.245 e. The molecule has 0 bridgehead atoms. The number of aryl methyl sites for hydroxylation is 2. The van der Waals surface area contributed by atoms with Gasteiger partial charge in [-0.05, 0) is 60.7 Å². The Balaban J connectivity index is 1.47. The van der Waals surface area contributed by atoms with Crippen molar-refractivity contribution in [3.8, 4) is 11.1 Å². The minimum absolute atomic E-state index is 0.0587. The van der Waals surface area contributed by atoms with E-state index < -0.39 is 10.0 Å². The van der Waals surface area contributed by atoms with Gasteiger partial charge in [-0.2, -0.15) is 4.31 Å². The van der Waals surface area contributed by atoms with Gasteiger partial charge in [0.1, 0.15) is 4.90 Å². The summed E-state index contributed by atoms with van der Waals surface area (Å²) in [6, 6.07) is 18.8. The highest BCUT2D eigenvalue weighted by atomic mass is 32.2. The van der Waals surface area contributed by atoms with Crippen LogP contribution in [-0.4, -0.2) is 68.0 Å². The van der Waals surface area contributed by atoms with E-state index in [4.69, 9.17) is 4.74 Å². The number of aromatic nitrogens is 1. The third-order valence-electron chi connectivity index (χ3n) is 7.99. The van der Waals surface area contributed by atoms with Crippen molar-refractivity contribution < 1.29 is 13.2 Å². The molecule has 6 nitrogen and oxygen atoms in total. The highest BCUT2D eigenvalue weighted by Gasteiger charge is 2.50. The van der Waals surface area contributed by atoms with Crippen LogP contribution in [-0.2, 0) is 14.8 Å². The minimum atomic E-state index is -3.68. The largest absolute Gasteiger partial charge is 0.383 e. The van der Waals surface area contributed by atoms with E-state index >= 15 is 0 Å². The zero-order valence-corrected chi connectivity index (χ0v) is 22.8. The van der Waals surface area contributed by atoms with Crippen LogP contribution in [0.25, 0.3) is 11.1 Å². The third kappa shape index (κ3) is 4.77. The van der Waals surface area contributed by atoms with E-state index in [0.29, 0.717) is 25.4 Å². The molecule has 0 spiro atoms. The number of rotatable bonds is 6. The zero-order valence-electron chi connectivity index (χ0n) is 22.0. The number of methoxy groups -OCH3 is 1. The summed E-state index contributed by atoms with van der Waals surface area (Å²) in [4.78, 5) is 6.87. The Morgan fingerprint density at radius 3 is 2.46 bits per heavy atom. The van der Waals surface area contributed by atoms with Crippen molar-refractivity contribution in [2.75, 3.05) is 33.4 Å². The summed E-state index contributed by atoms with van der Waals surface area (Å²) < 4.78 is 34.6. The number of sulfonamides is 1. The lowest BCUT2D eigenvalue weighted by atomic mass is 9.74. The molecule has 194 valence electrons. The number of fused-ring (bicyclic) bond motifs is 1. The van der Waals surface area contributed by atoms with Gasteiger partial charge in [0.05, 0.1) is 12.3 Å². The lowest BCUT2D eigenvalue weighted by molar-refractivity contribution is -0.0508. The van der Waals surface area contributed by atoms with Crippen molar-refractivity contribution in [3.05, 3.63) is 95.3 Å². The average molecular weight is 518 g/mol. The van der Waals surface area contributed by atoms with Crippen LogP contribution in [0.3, 0.4) is 0 Å². The van der Waals surface area contributed by atoms with Crippen LogP contribution >= 0.6 is 0 Å². The summed E-state index contributed by atoms with van der Waals surface area (Å²) in [5.74, 6) is 0.173. The van der Waals surface area contributed by atoms with Gasteiger partial charge in [0.2, 0.25) is 10.0 Å². The molecule has 3 aromatic rings. The summed E-state index contributed by atoms with van der Waals surface area (Å²) in [6.45, 7) is 8.22. The second-order valence-electron chi connectivity index (χ2n) is 10.1. The lowest BCUT2D eigenvalue weighted by Gasteiger charge is -2.56. The van der Waals surface area contributed by atoms with Crippen molar-refractivity contribution in [3.63, 3.8) is 0 Å². The minimum Gasteiger partial charge on any atom is -0.383 e. The molecule has 0 unspecified atom stereocenters. The zero-order chi connectivity index (χ0) is 26.2. The molecule has 2 aliphatic heterocycles. The van der Waals surface area contributed by atoms with Crippen molar-refractivity contribution in [1.82, 2.24) is 14.2 Å². The van der Waals surface area contributed by atoms with Crippen molar-refractivity contribution in [2.24, 2.45) is 0 Å². The molecule has 2 aromatic carbocycles. The molecule has 37 heavy (non-hydrogen) atoms. The van der Waals surface area contributed by atoms with E-state index in [2.05, 4.69) is 72.3 Å². The molecule has 7 heteroatoms. The van der Waals surface area contributed by atoms with Gasteiger partial charge in [-0.3, -0.25) is 9.88 Å². The van der Waals surface area contributed by atoms with Crippen molar-refractivity contribution in [2.45, 2.75) is 43.7 Å². The van der Waals surface area contributed by atoms with Gasteiger partial charge in [0.25, 0.3) is 0 Å². The van der Waals surface area contributed by atoms with Gasteiger partial charge >= 0.3 is 0 Å². The quantitative estimate of drug-likeness (QED) is 0.443. The van der Waals surface area contributed by atoms with Crippen LogP contribution in [0.4, 0.5) is 0 Å². The Labute approximate surface area is 220 Å². The molecule has 5 rings (SSSR count). The molecule has 0 amide bonds. The van der Waals surface area contributed by atoms with Crippen LogP contribution in [0.2, 0.25) is 0 Å². The monoisotopic (exact) mass is 517 g/mol. The molecule has 1 fully saturated rings.